The van der Waals surface area contributed by atoms with Crippen LogP contribution in [0.5, 0.6) is 5.75 Å². The number of imidazole rings is 1. The summed E-state index contributed by atoms with van der Waals surface area (Å²) < 4.78 is 5.31. The fourth-order valence-electron chi connectivity index (χ4n) is 1.69. The monoisotopic (exact) mass is 231 g/mol. The molecule has 1 heterocycles. The van der Waals surface area contributed by atoms with Crippen molar-refractivity contribution in [2.24, 2.45) is 0 Å². The highest BCUT2D eigenvalue weighted by molar-refractivity contribution is 5.64. The molecule has 90 valence electrons. The van der Waals surface area contributed by atoms with Crippen molar-refractivity contribution in [3.8, 4) is 17.1 Å². The molecular formula is C13H17N3O. The average molecular weight is 231 g/mol. The second-order valence-corrected chi connectivity index (χ2v) is 3.74. The fraction of sp³-hybridized carbons (Fsp3) is 0.308. The van der Waals surface area contributed by atoms with E-state index in [1.54, 1.807) is 7.11 Å². The van der Waals surface area contributed by atoms with Crippen LogP contribution in [-0.2, 0) is 6.54 Å². The second-order valence-electron chi connectivity index (χ2n) is 3.74. The van der Waals surface area contributed by atoms with Crippen LogP contribution in [0.15, 0.2) is 30.5 Å². The molecule has 1 aromatic heterocycles. The lowest BCUT2D eigenvalue weighted by Gasteiger charge is -2.05. The minimum Gasteiger partial charge on any atom is -0.496 e. The molecule has 2 N–H and O–H groups in total. The van der Waals surface area contributed by atoms with Crippen molar-refractivity contribution in [3.63, 3.8) is 0 Å². The number of nitrogens with one attached hydrogen (secondary N) is 2. The van der Waals surface area contributed by atoms with Crippen molar-refractivity contribution in [3.05, 3.63) is 36.2 Å². The predicted molar refractivity (Wildman–Crippen MR) is 68.0 cm³/mol. The SMILES string of the molecule is CCNCc1cnc(-c2ccccc2OC)[nH]1. The summed E-state index contributed by atoms with van der Waals surface area (Å²) in [7, 11) is 1.67. The molecule has 0 aliphatic heterocycles. The summed E-state index contributed by atoms with van der Waals surface area (Å²) in [5.41, 5.74) is 2.06. The van der Waals surface area contributed by atoms with Crippen molar-refractivity contribution >= 4 is 0 Å². The van der Waals surface area contributed by atoms with E-state index in [1.165, 1.54) is 0 Å². The summed E-state index contributed by atoms with van der Waals surface area (Å²) in [4.78, 5) is 7.66. The minimum absolute atomic E-state index is 0.804. The Morgan fingerprint density at radius 2 is 2.18 bits per heavy atom. The summed E-state index contributed by atoms with van der Waals surface area (Å²) >= 11 is 0. The quantitative estimate of drug-likeness (QED) is 0.829. The molecule has 0 spiro atoms. The third-order valence-corrected chi connectivity index (χ3v) is 2.56. The first-order valence-corrected chi connectivity index (χ1v) is 5.73. The van der Waals surface area contributed by atoms with Crippen LogP contribution >= 0.6 is 0 Å². The van der Waals surface area contributed by atoms with Crippen LogP contribution in [0, 0.1) is 0 Å². The van der Waals surface area contributed by atoms with Crippen LogP contribution < -0.4 is 10.1 Å². The standard InChI is InChI=1S/C13H17N3O/c1-3-14-8-10-9-15-13(16-10)11-6-4-5-7-12(11)17-2/h4-7,9,14H,3,8H2,1-2H3,(H,15,16). The third kappa shape index (κ3) is 2.65. The van der Waals surface area contributed by atoms with E-state index in [-0.39, 0.29) is 0 Å². The molecule has 0 saturated heterocycles. The Morgan fingerprint density at radius 1 is 1.35 bits per heavy atom. The molecule has 0 saturated carbocycles. The molecule has 0 unspecified atom stereocenters. The first kappa shape index (κ1) is 11.7. The van der Waals surface area contributed by atoms with Gasteiger partial charge in [0, 0.05) is 18.4 Å². The number of hydrogen-bond donors (Lipinski definition) is 2. The summed E-state index contributed by atoms with van der Waals surface area (Å²) in [6, 6.07) is 7.85. The van der Waals surface area contributed by atoms with Crippen LogP contribution in [0.1, 0.15) is 12.6 Å². The Balaban J connectivity index is 2.24. The maximum absolute atomic E-state index is 5.31. The summed E-state index contributed by atoms with van der Waals surface area (Å²) in [6.07, 6.45) is 1.85. The average Bonchev–Trinajstić information content (AvgIpc) is 2.85. The number of aromatic amines is 1. The number of methoxy groups -OCH3 is 1. The van der Waals surface area contributed by atoms with Crippen LogP contribution in [0.4, 0.5) is 0 Å². The van der Waals surface area contributed by atoms with Gasteiger partial charge in [-0.15, -0.1) is 0 Å². The van der Waals surface area contributed by atoms with Gasteiger partial charge in [0.05, 0.1) is 12.7 Å². The van der Waals surface area contributed by atoms with E-state index in [0.717, 1.165) is 35.9 Å². The predicted octanol–water partition coefficient (Wildman–Crippen LogP) is 2.19. The molecule has 0 aliphatic carbocycles. The zero-order valence-corrected chi connectivity index (χ0v) is 10.2. The van der Waals surface area contributed by atoms with Crippen LogP contribution in [0.3, 0.4) is 0 Å². The smallest absolute Gasteiger partial charge is 0.141 e. The molecule has 1 aromatic carbocycles. The number of para-hydroxylation sites is 1. The van der Waals surface area contributed by atoms with Crippen molar-refractivity contribution < 1.29 is 4.74 Å². The molecular weight excluding hydrogens is 214 g/mol. The molecule has 0 amide bonds. The largest absolute Gasteiger partial charge is 0.496 e. The summed E-state index contributed by atoms with van der Waals surface area (Å²) in [5.74, 6) is 1.67. The summed E-state index contributed by atoms with van der Waals surface area (Å²) in [6.45, 7) is 3.83. The van der Waals surface area contributed by atoms with E-state index < -0.39 is 0 Å². The van der Waals surface area contributed by atoms with E-state index in [2.05, 4.69) is 22.2 Å². The fourth-order valence-corrected chi connectivity index (χ4v) is 1.69. The van der Waals surface area contributed by atoms with E-state index in [9.17, 15) is 0 Å². The topological polar surface area (TPSA) is 49.9 Å². The van der Waals surface area contributed by atoms with Crippen LogP contribution in [0.25, 0.3) is 11.4 Å². The zero-order chi connectivity index (χ0) is 12.1. The number of nitrogens with zero attached hydrogens (tertiary/aromatic N) is 1. The van der Waals surface area contributed by atoms with Gasteiger partial charge in [-0.2, -0.15) is 0 Å². The van der Waals surface area contributed by atoms with Crippen molar-refractivity contribution in [2.45, 2.75) is 13.5 Å². The first-order valence-electron chi connectivity index (χ1n) is 5.73. The van der Waals surface area contributed by atoms with Crippen molar-refractivity contribution in [2.75, 3.05) is 13.7 Å². The van der Waals surface area contributed by atoms with Crippen molar-refractivity contribution in [1.29, 1.82) is 0 Å². The Kier molecular flexibility index (Phi) is 3.77. The second kappa shape index (κ2) is 5.50. The van der Waals surface area contributed by atoms with Gasteiger partial charge in [0.2, 0.25) is 0 Å². The number of H-pyrrole nitrogens is 1. The van der Waals surface area contributed by atoms with E-state index >= 15 is 0 Å². The highest BCUT2D eigenvalue weighted by Crippen LogP contribution is 2.26. The number of hydrogen-bond acceptors (Lipinski definition) is 3. The zero-order valence-electron chi connectivity index (χ0n) is 10.2. The lowest BCUT2D eigenvalue weighted by Crippen LogP contribution is -2.11. The van der Waals surface area contributed by atoms with E-state index in [0.29, 0.717) is 0 Å². The van der Waals surface area contributed by atoms with Gasteiger partial charge in [0.25, 0.3) is 0 Å². The minimum atomic E-state index is 0.804. The van der Waals surface area contributed by atoms with Crippen LogP contribution in [0.2, 0.25) is 0 Å². The molecule has 0 atom stereocenters. The Hall–Kier alpha value is -1.81. The number of ether oxygens (including phenoxy) is 1. The van der Waals surface area contributed by atoms with Gasteiger partial charge in [-0.05, 0) is 18.7 Å². The van der Waals surface area contributed by atoms with Gasteiger partial charge in [-0.3, -0.25) is 0 Å². The number of benzene rings is 1. The molecule has 2 rings (SSSR count). The highest BCUT2D eigenvalue weighted by atomic mass is 16.5. The molecule has 4 heteroatoms. The normalized spacial score (nSPS) is 10.5. The molecule has 0 aliphatic rings. The van der Waals surface area contributed by atoms with Gasteiger partial charge in [0.1, 0.15) is 11.6 Å². The van der Waals surface area contributed by atoms with E-state index in [4.69, 9.17) is 4.74 Å². The van der Waals surface area contributed by atoms with Gasteiger partial charge in [0.15, 0.2) is 0 Å². The molecule has 2 aromatic rings. The number of aromatic nitrogens is 2. The molecule has 4 nitrogen and oxygen atoms in total. The molecule has 0 radical (unpaired) electrons. The third-order valence-electron chi connectivity index (χ3n) is 2.56. The maximum Gasteiger partial charge on any atom is 0.141 e. The molecule has 0 bridgehead atoms. The Labute approximate surface area is 101 Å². The maximum atomic E-state index is 5.31. The molecule has 0 fully saturated rings. The first-order chi connectivity index (χ1) is 8.35. The highest BCUT2D eigenvalue weighted by Gasteiger charge is 2.08. The van der Waals surface area contributed by atoms with Crippen LogP contribution in [-0.4, -0.2) is 23.6 Å². The number of rotatable bonds is 5. The summed E-state index contributed by atoms with van der Waals surface area (Å²) in [5, 5.41) is 3.26. The Morgan fingerprint density at radius 3 is 2.94 bits per heavy atom. The molecule has 17 heavy (non-hydrogen) atoms. The van der Waals surface area contributed by atoms with Gasteiger partial charge < -0.3 is 15.0 Å². The van der Waals surface area contributed by atoms with Gasteiger partial charge in [-0.25, -0.2) is 4.98 Å². The Bertz CT molecular complexity index is 479. The van der Waals surface area contributed by atoms with Gasteiger partial charge >= 0.3 is 0 Å². The van der Waals surface area contributed by atoms with E-state index in [1.807, 2.05) is 30.5 Å². The lowest BCUT2D eigenvalue weighted by molar-refractivity contribution is 0.416. The van der Waals surface area contributed by atoms with Gasteiger partial charge in [-0.1, -0.05) is 19.1 Å². The lowest BCUT2D eigenvalue weighted by atomic mass is 10.2. The van der Waals surface area contributed by atoms with Crippen molar-refractivity contribution in [1.82, 2.24) is 15.3 Å².